The number of halogens is 1. The highest BCUT2D eigenvalue weighted by Gasteiger charge is 2.25. The molecule has 2 N–H and O–H groups in total. The minimum absolute atomic E-state index is 0. The van der Waals surface area contributed by atoms with Gasteiger partial charge in [0.15, 0.2) is 5.96 Å². The summed E-state index contributed by atoms with van der Waals surface area (Å²) in [4.78, 5) is 21.9. The maximum Gasteiger partial charge on any atom is 0.243 e. The summed E-state index contributed by atoms with van der Waals surface area (Å²) in [6.45, 7) is 0.943. The number of nitrogens with zero attached hydrogens (tertiary/aromatic N) is 5. The largest absolute Gasteiger partial charge is 0.354 e. The van der Waals surface area contributed by atoms with Gasteiger partial charge in [-0.1, -0.05) is 0 Å². The van der Waals surface area contributed by atoms with E-state index in [0.717, 1.165) is 31.2 Å². The Morgan fingerprint density at radius 1 is 1.35 bits per heavy atom. The van der Waals surface area contributed by atoms with Crippen molar-refractivity contribution in [2.24, 2.45) is 4.99 Å². The average Bonchev–Trinajstić information content (AvgIpc) is 3.18. The lowest BCUT2D eigenvalue weighted by Gasteiger charge is -2.25. The van der Waals surface area contributed by atoms with E-state index in [9.17, 15) is 4.79 Å². The Balaban J connectivity index is 0.00000192. The number of carbonyl (C=O) groups is 1. The number of aliphatic imine (C=N–C) groups is 1. The second-order valence-corrected chi connectivity index (χ2v) is 6.11. The van der Waals surface area contributed by atoms with E-state index in [1.165, 1.54) is 12.8 Å². The van der Waals surface area contributed by atoms with E-state index in [1.807, 2.05) is 4.68 Å². The van der Waals surface area contributed by atoms with Crippen molar-refractivity contribution >= 4 is 35.8 Å². The molecule has 23 heavy (non-hydrogen) atoms. The number of nitrogens with one attached hydrogen (secondary N) is 2. The molecule has 0 radical (unpaired) electrons. The Hall–Kier alpha value is -1.39. The highest BCUT2D eigenvalue weighted by Crippen LogP contribution is 2.18. The van der Waals surface area contributed by atoms with Gasteiger partial charge < -0.3 is 15.5 Å². The van der Waals surface area contributed by atoms with Gasteiger partial charge in [-0.05, 0) is 19.3 Å². The Labute approximate surface area is 153 Å². The van der Waals surface area contributed by atoms with Crippen molar-refractivity contribution in [2.75, 3.05) is 20.6 Å². The average molecular weight is 433 g/mol. The van der Waals surface area contributed by atoms with E-state index in [2.05, 4.69) is 25.7 Å². The van der Waals surface area contributed by atoms with Gasteiger partial charge in [-0.3, -0.25) is 4.79 Å². The Kier molecular flexibility index (Phi) is 6.19. The predicted molar refractivity (Wildman–Crippen MR) is 97.8 cm³/mol. The van der Waals surface area contributed by atoms with Crippen LogP contribution in [-0.4, -0.2) is 64.3 Å². The lowest BCUT2D eigenvalue weighted by atomic mass is 10.1. The van der Waals surface area contributed by atoms with Crippen LogP contribution in [-0.2, 0) is 17.8 Å². The summed E-state index contributed by atoms with van der Waals surface area (Å²) in [5, 5.41) is 11.0. The Bertz CT molecular complexity index is 567. The van der Waals surface area contributed by atoms with Crippen LogP contribution in [0.5, 0.6) is 0 Å². The molecule has 1 aromatic heterocycles. The molecule has 1 fully saturated rings. The zero-order chi connectivity index (χ0) is 15.5. The fourth-order valence-electron chi connectivity index (χ4n) is 2.39. The van der Waals surface area contributed by atoms with Crippen LogP contribution < -0.4 is 10.6 Å². The molecule has 0 saturated heterocycles. The molecule has 9 heteroatoms. The molecule has 1 aliphatic heterocycles. The first-order chi connectivity index (χ1) is 10.6. The summed E-state index contributed by atoms with van der Waals surface area (Å²) in [6, 6.07) is 0.750. The summed E-state index contributed by atoms with van der Waals surface area (Å²) in [5.41, 5.74) is 0. The van der Waals surface area contributed by atoms with Crippen LogP contribution >= 0.6 is 24.0 Å². The normalized spacial score (nSPS) is 20.3. The van der Waals surface area contributed by atoms with Crippen LogP contribution in [0.1, 0.15) is 25.1 Å². The number of hydrogen-bond acceptors (Lipinski definition) is 4. The monoisotopic (exact) mass is 433 g/mol. The summed E-state index contributed by atoms with van der Waals surface area (Å²) < 4.78 is 1.93. The second-order valence-electron chi connectivity index (χ2n) is 6.11. The van der Waals surface area contributed by atoms with E-state index in [1.54, 1.807) is 25.3 Å². The standard InChI is InChI=1S/C14H23N7O.HI/c1-20(2)13(22)7-15-14(18-10-3-4-10)19-11-5-6-12-16-9-17-21(12)8-11;/h9-11H,3-8H2,1-2H3,(H2,15,18,19);1H. The van der Waals surface area contributed by atoms with E-state index in [0.29, 0.717) is 6.04 Å². The Morgan fingerprint density at radius 3 is 2.78 bits per heavy atom. The van der Waals surface area contributed by atoms with Crippen molar-refractivity contribution in [3.05, 3.63) is 12.2 Å². The number of guanidine groups is 1. The number of likely N-dealkylation sites (N-methyl/N-ethyl adjacent to an activating group) is 1. The zero-order valence-corrected chi connectivity index (χ0v) is 15.9. The number of aryl methyl sites for hydroxylation is 1. The second kappa shape index (κ2) is 7.93. The molecule has 8 nitrogen and oxygen atoms in total. The molecule has 1 atom stereocenters. The first-order valence-corrected chi connectivity index (χ1v) is 7.76. The van der Waals surface area contributed by atoms with Gasteiger partial charge in [0, 0.05) is 32.6 Å². The molecule has 2 heterocycles. The molecule has 0 bridgehead atoms. The van der Waals surface area contributed by atoms with E-state index in [-0.39, 0.29) is 42.5 Å². The van der Waals surface area contributed by atoms with Crippen LogP contribution in [0.25, 0.3) is 0 Å². The molecule has 1 amide bonds. The summed E-state index contributed by atoms with van der Waals surface area (Å²) in [6.07, 6.45) is 5.84. The minimum atomic E-state index is -0.000830. The fraction of sp³-hybridized carbons (Fsp3) is 0.714. The maximum atomic E-state index is 11.7. The summed E-state index contributed by atoms with van der Waals surface area (Å²) in [5.74, 6) is 1.76. The van der Waals surface area contributed by atoms with Crippen LogP contribution in [0, 0.1) is 0 Å². The van der Waals surface area contributed by atoms with Crippen molar-refractivity contribution in [3.8, 4) is 0 Å². The molecule has 0 spiro atoms. The third-order valence-corrected chi connectivity index (χ3v) is 3.94. The molecule has 1 saturated carbocycles. The first-order valence-electron chi connectivity index (χ1n) is 7.76. The van der Waals surface area contributed by atoms with Gasteiger partial charge in [0.05, 0.1) is 6.54 Å². The number of amides is 1. The quantitative estimate of drug-likeness (QED) is 0.397. The molecule has 2 aliphatic rings. The van der Waals surface area contributed by atoms with Crippen LogP contribution in [0.3, 0.4) is 0 Å². The van der Waals surface area contributed by atoms with Crippen molar-refractivity contribution in [1.29, 1.82) is 0 Å². The Morgan fingerprint density at radius 2 is 2.09 bits per heavy atom. The molecular weight excluding hydrogens is 409 g/mol. The van der Waals surface area contributed by atoms with E-state index < -0.39 is 0 Å². The third-order valence-electron chi connectivity index (χ3n) is 3.94. The number of hydrogen-bond donors (Lipinski definition) is 2. The highest BCUT2D eigenvalue weighted by atomic mass is 127. The molecule has 1 aromatic rings. The number of carbonyl (C=O) groups excluding carboxylic acids is 1. The van der Waals surface area contributed by atoms with E-state index >= 15 is 0 Å². The number of rotatable bonds is 4. The number of aromatic nitrogens is 3. The lowest BCUT2D eigenvalue weighted by Crippen LogP contribution is -2.48. The van der Waals surface area contributed by atoms with Crippen molar-refractivity contribution in [1.82, 2.24) is 30.3 Å². The lowest BCUT2D eigenvalue weighted by molar-refractivity contribution is -0.127. The van der Waals surface area contributed by atoms with Crippen molar-refractivity contribution in [2.45, 2.75) is 44.3 Å². The first kappa shape index (κ1) is 18.0. The SMILES string of the molecule is CN(C)C(=O)CN=C(NC1CC1)NC1CCc2ncnn2C1.I. The summed E-state index contributed by atoms with van der Waals surface area (Å²) >= 11 is 0. The van der Waals surface area contributed by atoms with Crippen molar-refractivity contribution < 1.29 is 4.79 Å². The van der Waals surface area contributed by atoms with Gasteiger partial charge in [0.1, 0.15) is 18.7 Å². The molecule has 1 unspecified atom stereocenters. The maximum absolute atomic E-state index is 11.7. The van der Waals surface area contributed by atoms with E-state index in [4.69, 9.17) is 0 Å². The topological polar surface area (TPSA) is 87.4 Å². The third kappa shape index (κ3) is 5.05. The molecule has 1 aliphatic carbocycles. The van der Waals surface area contributed by atoms with Gasteiger partial charge in [-0.2, -0.15) is 5.10 Å². The minimum Gasteiger partial charge on any atom is -0.354 e. The van der Waals surface area contributed by atoms with Crippen molar-refractivity contribution in [3.63, 3.8) is 0 Å². The zero-order valence-electron chi connectivity index (χ0n) is 13.5. The molecule has 0 aromatic carbocycles. The van der Waals surface area contributed by atoms with Gasteiger partial charge in [0.25, 0.3) is 0 Å². The molecule has 128 valence electrons. The van der Waals surface area contributed by atoms with Crippen LogP contribution in [0.4, 0.5) is 0 Å². The van der Waals surface area contributed by atoms with Gasteiger partial charge >= 0.3 is 0 Å². The molecule has 3 rings (SSSR count). The van der Waals surface area contributed by atoms with Gasteiger partial charge in [-0.15, -0.1) is 24.0 Å². The predicted octanol–water partition coefficient (Wildman–Crippen LogP) is -0.00330. The van der Waals surface area contributed by atoms with Gasteiger partial charge in [-0.25, -0.2) is 14.7 Å². The summed E-state index contributed by atoms with van der Waals surface area (Å²) in [7, 11) is 3.49. The fourth-order valence-corrected chi connectivity index (χ4v) is 2.39. The number of fused-ring (bicyclic) bond motifs is 1. The van der Waals surface area contributed by atoms with Crippen LogP contribution in [0.15, 0.2) is 11.3 Å². The highest BCUT2D eigenvalue weighted by molar-refractivity contribution is 14.0. The van der Waals surface area contributed by atoms with Crippen LogP contribution in [0.2, 0.25) is 0 Å². The molecular formula is C14H24IN7O. The van der Waals surface area contributed by atoms with Gasteiger partial charge in [0.2, 0.25) is 5.91 Å². The smallest absolute Gasteiger partial charge is 0.243 e.